The van der Waals surface area contributed by atoms with Gasteiger partial charge in [0.1, 0.15) is 6.33 Å². The van der Waals surface area contributed by atoms with Gasteiger partial charge in [-0.15, -0.1) is 5.10 Å². The van der Waals surface area contributed by atoms with Gasteiger partial charge in [-0.3, -0.25) is 25.3 Å². The van der Waals surface area contributed by atoms with E-state index in [0.717, 1.165) is 23.3 Å². The second-order valence-corrected chi connectivity index (χ2v) is 7.08. The summed E-state index contributed by atoms with van der Waals surface area (Å²) in [5.41, 5.74) is 0.829. The number of morpholine rings is 1. The molecule has 1 fully saturated rings. The Bertz CT molecular complexity index is 1030. The van der Waals surface area contributed by atoms with Crippen molar-refractivity contribution in [3.63, 3.8) is 0 Å². The third-order valence-corrected chi connectivity index (χ3v) is 4.53. The monoisotopic (exact) mass is 492 g/mol. The number of halogens is 6. The number of benzene rings is 1. The minimum absolute atomic E-state index is 0.00190. The first-order valence-electron chi connectivity index (χ1n) is 9.70. The third kappa shape index (κ3) is 7.02. The number of aromatic nitrogens is 3. The SMILES string of the molecule is O=C(C=Cn1cnc(-c2cc(C(F)(F)F)cc(C(F)(F)F)c2)n1)NNC(=O)CN1CCOCC1. The fraction of sp³-hybridized carbons (Fsp3) is 0.368. The number of nitrogens with zero attached hydrogens (tertiary/aromatic N) is 4. The zero-order chi connectivity index (χ0) is 24.9. The molecule has 0 atom stereocenters. The highest BCUT2D eigenvalue weighted by Gasteiger charge is 2.37. The van der Waals surface area contributed by atoms with E-state index in [1.807, 2.05) is 4.90 Å². The predicted octanol–water partition coefficient (Wildman–Crippen LogP) is 1.93. The molecule has 1 aromatic heterocycles. The molecule has 0 spiro atoms. The molecule has 0 saturated carbocycles. The maximum Gasteiger partial charge on any atom is 0.416 e. The van der Waals surface area contributed by atoms with Crippen LogP contribution >= 0.6 is 0 Å². The number of rotatable bonds is 5. The van der Waals surface area contributed by atoms with Crippen molar-refractivity contribution in [2.24, 2.45) is 0 Å². The van der Waals surface area contributed by atoms with E-state index in [9.17, 15) is 35.9 Å². The lowest BCUT2D eigenvalue weighted by atomic mass is 10.0. The quantitative estimate of drug-likeness (QED) is 0.376. The van der Waals surface area contributed by atoms with Gasteiger partial charge in [0.15, 0.2) is 5.82 Å². The molecule has 0 unspecified atom stereocenters. The van der Waals surface area contributed by atoms with Crippen LogP contribution in [0.15, 0.2) is 30.6 Å². The number of carbonyl (C=O) groups excluding carboxylic acids is 2. The molecule has 1 aliphatic rings. The van der Waals surface area contributed by atoms with Crippen molar-refractivity contribution in [1.29, 1.82) is 0 Å². The van der Waals surface area contributed by atoms with Gasteiger partial charge in [0.05, 0.1) is 30.9 Å². The lowest BCUT2D eigenvalue weighted by molar-refractivity contribution is -0.143. The van der Waals surface area contributed by atoms with Gasteiger partial charge < -0.3 is 4.74 Å². The first kappa shape index (κ1) is 25.2. The molecule has 1 aliphatic heterocycles. The highest BCUT2D eigenvalue weighted by Crippen LogP contribution is 2.38. The Balaban J connectivity index is 1.63. The number of hydrogen-bond acceptors (Lipinski definition) is 6. The molecule has 2 amide bonds. The fourth-order valence-electron chi connectivity index (χ4n) is 2.88. The first-order chi connectivity index (χ1) is 15.9. The maximum atomic E-state index is 13.0. The van der Waals surface area contributed by atoms with Gasteiger partial charge in [-0.05, 0) is 18.2 Å². The van der Waals surface area contributed by atoms with Crippen molar-refractivity contribution in [3.8, 4) is 11.4 Å². The minimum Gasteiger partial charge on any atom is -0.379 e. The number of carbonyl (C=O) groups is 2. The van der Waals surface area contributed by atoms with Crippen molar-refractivity contribution in [2.75, 3.05) is 32.8 Å². The standard InChI is InChI=1S/C19H18F6N6O3/c20-18(21,22)13-7-12(8-14(9-13)19(23,24)25)17-26-11-31(29-17)2-1-15(32)27-28-16(33)10-30-3-5-34-6-4-30/h1-2,7-9,11H,3-6,10H2,(H,27,32)(H,28,33). The molecule has 184 valence electrons. The van der Waals surface area contributed by atoms with Crippen LogP contribution in [0.25, 0.3) is 17.6 Å². The van der Waals surface area contributed by atoms with E-state index >= 15 is 0 Å². The van der Waals surface area contributed by atoms with Crippen LogP contribution in [0.3, 0.4) is 0 Å². The third-order valence-electron chi connectivity index (χ3n) is 4.53. The first-order valence-corrected chi connectivity index (χ1v) is 9.70. The summed E-state index contributed by atoms with van der Waals surface area (Å²) >= 11 is 0. The van der Waals surface area contributed by atoms with Gasteiger partial charge in [0, 0.05) is 30.9 Å². The van der Waals surface area contributed by atoms with E-state index in [1.165, 1.54) is 0 Å². The Kier molecular flexibility index (Phi) is 7.56. The molecule has 3 rings (SSSR count). The number of hydrazine groups is 1. The normalized spacial score (nSPS) is 15.5. The molecule has 1 saturated heterocycles. The van der Waals surface area contributed by atoms with E-state index in [0.29, 0.717) is 38.4 Å². The zero-order valence-electron chi connectivity index (χ0n) is 17.3. The molecular formula is C19H18F6N6O3. The van der Waals surface area contributed by atoms with Gasteiger partial charge >= 0.3 is 12.4 Å². The molecule has 2 heterocycles. The maximum absolute atomic E-state index is 13.0. The molecule has 15 heteroatoms. The zero-order valence-corrected chi connectivity index (χ0v) is 17.3. The summed E-state index contributed by atoms with van der Waals surface area (Å²) < 4.78 is 84.2. The van der Waals surface area contributed by atoms with Gasteiger partial charge in [-0.1, -0.05) is 0 Å². The average Bonchev–Trinajstić information content (AvgIpc) is 3.25. The molecule has 34 heavy (non-hydrogen) atoms. The van der Waals surface area contributed by atoms with Crippen LogP contribution in [-0.4, -0.2) is 64.3 Å². The number of nitrogens with one attached hydrogen (secondary N) is 2. The molecule has 2 N–H and O–H groups in total. The summed E-state index contributed by atoms with van der Waals surface area (Å²) in [4.78, 5) is 29.2. The summed E-state index contributed by atoms with van der Waals surface area (Å²) in [5, 5.41) is 3.77. The van der Waals surface area contributed by atoms with Crippen molar-refractivity contribution >= 4 is 18.0 Å². The van der Waals surface area contributed by atoms with E-state index < -0.39 is 46.7 Å². The van der Waals surface area contributed by atoms with Crippen LogP contribution in [-0.2, 0) is 26.7 Å². The Morgan fingerprint density at radius 3 is 2.21 bits per heavy atom. The summed E-state index contributed by atoms with van der Waals surface area (Å²) in [6.07, 6.45) is -7.05. The second kappa shape index (κ2) is 10.2. The van der Waals surface area contributed by atoms with Gasteiger partial charge in [0.25, 0.3) is 11.8 Å². The van der Waals surface area contributed by atoms with Crippen LogP contribution < -0.4 is 10.9 Å². The molecule has 2 aromatic rings. The highest BCUT2D eigenvalue weighted by molar-refractivity contribution is 5.91. The molecule has 9 nitrogen and oxygen atoms in total. The molecular weight excluding hydrogens is 474 g/mol. The van der Waals surface area contributed by atoms with E-state index in [1.54, 1.807) is 0 Å². The lowest BCUT2D eigenvalue weighted by Gasteiger charge is -2.25. The van der Waals surface area contributed by atoms with Gasteiger partial charge in [-0.2, -0.15) is 26.3 Å². The second-order valence-electron chi connectivity index (χ2n) is 7.08. The van der Waals surface area contributed by atoms with E-state index in [-0.39, 0.29) is 12.6 Å². The molecule has 0 aliphatic carbocycles. The highest BCUT2D eigenvalue weighted by atomic mass is 19.4. The number of alkyl halides is 6. The van der Waals surface area contributed by atoms with Crippen molar-refractivity contribution in [2.45, 2.75) is 12.4 Å². The van der Waals surface area contributed by atoms with Crippen LogP contribution in [0.1, 0.15) is 11.1 Å². The van der Waals surface area contributed by atoms with Crippen LogP contribution in [0.4, 0.5) is 26.3 Å². The number of ether oxygens (including phenoxy) is 1. The Labute approximate surface area is 188 Å². The summed E-state index contributed by atoms with van der Waals surface area (Å²) in [5.74, 6) is -1.64. The molecule has 1 aromatic carbocycles. The predicted molar refractivity (Wildman–Crippen MR) is 104 cm³/mol. The van der Waals surface area contributed by atoms with Crippen LogP contribution in [0.2, 0.25) is 0 Å². The Hall–Kier alpha value is -3.46. The molecule has 0 bridgehead atoms. The number of hydrogen-bond donors (Lipinski definition) is 2. The summed E-state index contributed by atoms with van der Waals surface area (Å²) in [6, 6.07) is 0.989. The summed E-state index contributed by atoms with van der Waals surface area (Å²) in [7, 11) is 0. The number of amides is 2. The largest absolute Gasteiger partial charge is 0.416 e. The lowest BCUT2D eigenvalue weighted by Crippen LogP contribution is -2.48. The Morgan fingerprint density at radius 2 is 1.62 bits per heavy atom. The van der Waals surface area contributed by atoms with Crippen molar-refractivity contribution < 1.29 is 40.7 Å². The topological polar surface area (TPSA) is 101 Å². The van der Waals surface area contributed by atoms with Crippen molar-refractivity contribution in [1.82, 2.24) is 30.5 Å². The van der Waals surface area contributed by atoms with E-state index in [4.69, 9.17) is 4.74 Å². The fourth-order valence-corrected chi connectivity index (χ4v) is 2.88. The average molecular weight is 492 g/mol. The summed E-state index contributed by atoms with van der Waals surface area (Å²) in [6.45, 7) is 2.20. The van der Waals surface area contributed by atoms with Gasteiger partial charge in [0.2, 0.25) is 0 Å². The van der Waals surface area contributed by atoms with E-state index in [2.05, 4.69) is 20.9 Å². The van der Waals surface area contributed by atoms with Crippen LogP contribution in [0, 0.1) is 0 Å². The minimum atomic E-state index is -5.01. The Morgan fingerprint density at radius 1 is 1.00 bits per heavy atom. The van der Waals surface area contributed by atoms with Crippen molar-refractivity contribution in [3.05, 3.63) is 41.7 Å². The smallest absolute Gasteiger partial charge is 0.379 e. The van der Waals surface area contributed by atoms with Crippen LogP contribution in [0.5, 0.6) is 0 Å². The van der Waals surface area contributed by atoms with Gasteiger partial charge in [-0.25, -0.2) is 9.67 Å². The molecule has 0 radical (unpaired) electrons.